The molecule has 8 heteroatoms. The molecular weight excluding hydrogens is 255 g/mol. The van der Waals surface area contributed by atoms with E-state index in [1.54, 1.807) is 0 Å². The van der Waals surface area contributed by atoms with E-state index in [2.05, 4.69) is 4.98 Å². The van der Waals surface area contributed by atoms with E-state index in [0.29, 0.717) is 0 Å². The molecule has 1 rings (SSSR count). The summed E-state index contributed by atoms with van der Waals surface area (Å²) in [6.45, 7) is 0. The summed E-state index contributed by atoms with van der Waals surface area (Å²) in [6.07, 6.45) is -8.11. The second-order valence-electron chi connectivity index (χ2n) is 2.67. The van der Waals surface area contributed by atoms with Crippen LogP contribution in [0.5, 0.6) is 0 Å². The smallest absolute Gasteiger partial charge is 0.234 e. The Balaban J connectivity index is 3.50. The van der Waals surface area contributed by atoms with Gasteiger partial charge in [0.1, 0.15) is 11.8 Å². The molecule has 0 spiro atoms. The number of alkyl halides is 5. The maximum absolute atomic E-state index is 12.3. The second kappa shape index (κ2) is 4.22. The zero-order valence-electron chi connectivity index (χ0n) is 7.32. The standard InChI is InChI=1S/C8H2ClF5N2/c9-6-3(8(12,13)14)1-4(7(10)11)16-5(6)2-15/h1,7H. The summed E-state index contributed by atoms with van der Waals surface area (Å²) < 4.78 is 61.4. The molecule has 0 amide bonds. The molecule has 0 aliphatic carbocycles. The molecular formula is C8H2ClF5N2. The van der Waals surface area contributed by atoms with Crippen LogP contribution >= 0.6 is 11.6 Å². The van der Waals surface area contributed by atoms with Crippen molar-refractivity contribution in [1.29, 1.82) is 5.26 Å². The molecule has 0 N–H and O–H groups in total. The lowest BCUT2D eigenvalue weighted by atomic mass is 10.2. The van der Waals surface area contributed by atoms with Crippen molar-refractivity contribution in [2.24, 2.45) is 0 Å². The van der Waals surface area contributed by atoms with Crippen LogP contribution in [0.3, 0.4) is 0 Å². The van der Waals surface area contributed by atoms with Gasteiger partial charge >= 0.3 is 6.18 Å². The Kier molecular flexibility index (Phi) is 3.33. The van der Waals surface area contributed by atoms with Crippen molar-refractivity contribution in [3.8, 4) is 6.07 Å². The van der Waals surface area contributed by atoms with Gasteiger partial charge in [-0.25, -0.2) is 13.8 Å². The first-order valence-corrected chi connectivity index (χ1v) is 4.11. The van der Waals surface area contributed by atoms with Crippen molar-refractivity contribution >= 4 is 11.6 Å². The van der Waals surface area contributed by atoms with Gasteiger partial charge in [-0.05, 0) is 6.07 Å². The lowest BCUT2D eigenvalue weighted by Crippen LogP contribution is -2.09. The highest BCUT2D eigenvalue weighted by Gasteiger charge is 2.36. The Morgan fingerprint density at radius 1 is 1.38 bits per heavy atom. The maximum atomic E-state index is 12.3. The molecule has 2 nitrogen and oxygen atoms in total. The Bertz CT molecular complexity index is 449. The lowest BCUT2D eigenvalue weighted by Gasteiger charge is -2.11. The number of hydrogen-bond acceptors (Lipinski definition) is 2. The van der Waals surface area contributed by atoms with Gasteiger partial charge in [-0.2, -0.15) is 18.4 Å². The fourth-order valence-electron chi connectivity index (χ4n) is 0.941. The molecule has 0 aromatic carbocycles. The number of rotatable bonds is 1. The minimum absolute atomic E-state index is 0.133. The Hall–Kier alpha value is -1.42. The molecule has 0 atom stereocenters. The van der Waals surface area contributed by atoms with Gasteiger partial charge in [0.15, 0.2) is 5.69 Å². The first kappa shape index (κ1) is 12.6. The predicted octanol–water partition coefficient (Wildman–Crippen LogP) is 3.56. The minimum atomic E-state index is -4.91. The largest absolute Gasteiger partial charge is 0.418 e. The average molecular weight is 257 g/mol. The summed E-state index contributed by atoms with van der Waals surface area (Å²) in [5.74, 6) is 0. The van der Waals surface area contributed by atoms with Gasteiger partial charge in [0.2, 0.25) is 0 Å². The second-order valence-corrected chi connectivity index (χ2v) is 3.05. The fourth-order valence-corrected chi connectivity index (χ4v) is 1.19. The summed E-state index contributed by atoms with van der Waals surface area (Å²) >= 11 is 5.22. The number of pyridine rings is 1. The van der Waals surface area contributed by atoms with Crippen LogP contribution in [0, 0.1) is 11.3 Å². The van der Waals surface area contributed by atoms with Crippen LogP contribution in [0.15, 0.2) is 6.07 Å². The van der Waals surface area contributed by atoms with Crippen LogP contribution in [0.4, 0.5) is 22.0 Å². The van der Waals surface area contributed by atoms with E-state index in [1.165, 1.54) is 6.07 Å². The van der Waals surface area contributed by atoms with E-state index < -0.39 is 34.6 Å². The van der Waals surface area contributed by atoms with Gasteiger partial charge in [0.05, 0.1) is 10.6 Å². The zero-order valence-corrected chi connectivity index (χ0v) is 8.07. The SMILES string of the molecule is N#Cc1nc(C(F)F)cc(C(F)(F)F)c1Cl. The number of hydrogen-bond donors (Lipinski definition) is 0. The first-order valence-electron chi connectivity index (χ1n) is 3.73. The third-order valence-electron chi connectivity index (χ3n) is 1.61. The minimum Gasteiger partial charge on any atom is -0.234 e. The molecule has 1 aromatic rings. The van der Waals surface area contributed by atoms with Crippen LogP contribution in [0.1, 0.15) is 23.4 Å². The molecule has 0 saturated heterocycles. The summed E-state index contributed by atoms with van der Waals surface area (Å²) in [7, 11) is 0. The van der Waals surface area contributed by atoms with Crippen molar-refractivity contribution in [2.45, 2.75) is 12.6 Å². The fraction of sp³-hybridized carbons (Fsp3) is 0.250. The highest BCUT2D eigenvalue weighted by Crippen LogP contribution is 2.37. The average Bonchev–Trinajstić information content (AvgIpc) is 2.15. The zero-order chi connectivity index (χ0) is 12.5. The number of aromatic nitrogens is 1. The Labute approximate surface area is 91.3 Å². The van der Waals surface area contributed by atoms with Crippen molar-refractivity contribution < 1.29 is 22.0 Å². The predicted molar refractivity (Wildman–Crippen MR) is 43.9 cm³/mol. The van der Waals surface area contributed by atoms with E-state index in [-0.39, 0.29) is 6.07 Å². The molecule has 0 bridgehead atoms. The summed E-state index contributed by atoms with van der Waals surface area (Å²) in [4.78, 5) is 3.02. The Morgan fingerprint density at radius 3 is 2.31 bits per heavy atom. The molecule has 0 fully saturated rings. The Morgan fingerprint density at radius 2 is 1.94 bits per heavy atom. The number of halogens is 6. The highest BCUT2D eigenvalue weighted by atomic mass is 35.5. The van der Waals surface area contributed by atoms with Crippen molar-refractivity contribution in [3.05, 3.63) is 28.0 Å². The van der Waals surface area contributed by atoms with Gasteiger partial charge in [0.25, 0.3) is 6.43 Å². The molecule has 1 aromatic heterocycles. The summed E-state index contributed by atoms with van der Waals surface area (Å²) in [5.41, 5.74) is -3.49. The van der Waals surface area contributed by atoms with E-state index >= 15 is 0 Å². The van der Waals surface area contributed by atoms with Crippen LogP contribution in [-0.4, -0.2) is 4.98 Å². The monoisotopic (exact) mass is 256 g/mol. The summed E-state index contributed by atoms with van der Waals surface area (Å²) in [6, 6.07) is 1.36. The molecule has 1 heterocycles. The van der Waals surface area contributed by atoms with E-state index in [9.17, 15) is 22.0 Å². The maximum Gasteiger partial charge on any atom is 0.418 e. The number of nitriles is 1. The topological polar surface area (TPSA) is 36.7 Å². The molecule has 0 aliphatic rings. The van der Waals surface area contributed by atoms with E-state index in [0.717, 1.165) is 0 Å². The van der Waals surface area contributed by atoms with Gasteiger partial charge in [-0.15, -0.1) is 0 Å². The third kappa shape index (κ3) is 2.39. The van der Waals surface area contributed by atoms with Gasteiger partial charge in [-0.3, -0.25) is 0 Å². The van der Waals surface area contributed by atoms with Crippen LogP contribution in [0.2, 0.25) is 5.02 Å². The van der Waals surface area contributed by atoms with E-state index in [4.69, 9.17) is 16.9 Å². The van der Waals surface area contributed by atoms with Crippen LogP contribution < -0.4 is 0 Å². The molecule has 0 saturated carbocycles. The molecule has 0 unspecified atom stereocenters. The molecule has 16 heavy (non-hydrogen) atoms. The van der Waals surface area contributed by atoms with Gasteiger partial charge in [-0.1, -0.05) is 11.6 Å². The van der Waals surface area contributed by atoms with Crippen molar-refractivity contribution in [3.63, 3.8) is 0 Å². The molecule has 0 aliphatic heterocycles. The van der Waals surface area contributed by atoms with Crippen molar-refractivity contribution in [1.82, 2.24) is 4.98 Å². The van der Waals surface area contributed by atoms with Gasteiger partial charge in [0, 0.05) is 0 Å². The molecule has 0 radical (unpaired) electrons. The van der Waals surface area contributed by atoms with Crippen LogP contribution in [-0.2, 0) is 6.18 Å². The third-order valence-corrected chi connectivity index (χ3v) is 1.99. The highest BCUT2D eigenvalue weighted by molar-refractivity contribution is 6.32. The van der Waals surface area contributed by atoms with Gasteiger partial charge < -0.3 is 0 Å². The lowest BCUT2D eigenvalue weighted by molar-refractivity contribution is -0.137. The summed E-state index contributed by atoms with van der Waals surface area (Å²) in [5, 5.41) is 7.43. The first-order chi connectivity index (χ1) is 7.27. The van der Waals surface area contributed by atoms with Crippen LogP contribution in [0.25, 0.3) is 0 Å². The molecule has 86 valence electrons. The van der Waals surface area contributed by atoms with E-state index in [1.807, 2.05) is 0 Å². The quantitative estimate of drug-likeness (QED) is 0.720. The number of nitrogens with zero attached hydrogens (tertiary/aromatic N) is 2. The van der Waals surface area contributed by atoms with Crippen molar-refractivity contribution in [2.75, 3.05) is 0 Å². The normalized spacial score (nSPS) is 11.6.